The van der Waals surface area contributed by atoms with Crippen LogP contribution in [-0.2, 0) is 0 Å². The molecule has 0 unspecified atom stereocenters. The minimum atomic E-state index is -0.650. The molecule has 1 aliphatic rings. The number of aliphatic hydroxyl groups is 1. The molecule has 0 aliphatic carbocycles. The van der Waals surface area contributed by atoms with Crippen molar-refractivity contribution in [2.45, 2.75) is 18.9 Å². The van der Waals surface area contributed by atoms with Crippen molar-refractivity contribution in [3.8, 4) is 0 Å². The molecule has 1 N–H and O–H groups in total. The molecule has 6 nitrogen and oxygen atoms in total. The number of hydrogen-bond donors (Lipinski definition) is 1. The molecule has 3 rings (SSSR count). The highest BCUT2D eigenvalue weighted by Gasteiger charge is 2.40. The molecule has 6 heteroatoms. The van der Waals surface area contributed by atoms with E-state index in [2.05, 4.69) is 4.98 Å². The molecule has 2 aromatic rings. The molecular weight excluding hydrogens is 258 g/mol. The van der Waals surface area contributed by atoms with Crippen molar-refractivity contribution < 1.29 is 10.0 Å². The third kappa shape index (κ3) is 1.89. The van der Waals surface area contributed by atoms with Gasteiger partial charge in [-0.3, -0.25) is 15.1 Å². The average molecular weight is 273 g/mol. The van der Waals surface area contributed by atoms with Crippen LogP contribution in [0.1, 0.15) is 13.3 Å². The lowest BCUT2D eigenvalue weighted by Gasteiger charge is -2.47. The first-order valence-corrected chi connectivity index (χ1v) is 6.53. The number of fused-ring (bicyclic) bond motifs is 1. The fourth-order valence-corrected chi connectivity index (χ4v) is 2.62. The van der Waals surface area contributed by atoms with E-state index in [4.69, 9.17) is 0 Å². The number of aromatic nitrogens is 1. The number of non-ortho nitro benzene ring substituents is 1. The molecule has 0 amide bonds. The number of anilines is 1. The number of nitro benzene ring substituents is 1. The number of nitro groups is 1. The van der Waals surface area contributed by atoms with Gasteiger partial charge in [0.15, 0.2) is 0 Å². The van der Waals surface area contributed by atoms with E-state index in [1.165, 1.54) is 6.07 Å². The fraction of sp³-hybridized carbons (Fsp3) is 0.357. The molecular formula is C14H15N3O3. The summed E-state index contributed by atoms with van der Waals surface area (Å²) < 4.78 is 0. The van der Waals surface area contributed by atoms with Gasteiger partial charge in [0.25, 0.3) is 5.69 Å². The zero-order chi connectivity index (χ0) is 14.3. The lowest BCUT2D eigenvalue weighted by molar-refractivity contribution is -0.383. The first kappa shape index (κ1) is 12.8. The van der Waals surface area contributed by atoms with Crippen LogP contribution >= 0.6 is 0 Å². The third-order valence-corrected chi connectivity index (χ3v) is 3.89. The van der Waals surface area contributed by atoms with Gasteiger partial charge in [0.05, 0.1) is 21.6 Å². The van der Waals surface area contributed by atoms with Gasteiger partial charge in [-0.2, -0.15) is 0 Å². The van der Waals surface area contributed by atoms with Crippen LogP contribution < -0.4 is 4.90 Å². The highest BCUT2D eigenvalue weighted by atomic mass is 16.6. The first-order valence-electron chi connectivity index (χ1n) is 6.53. The largest absolute Gasteiger partial charge is 0.386 e. The lowest BCUT2D eigenvalue weighted by Crippen LogP contribution is -2.61. The number of β-amino-alcohol motifs (C(OH)–C–C–N with tert-alkyl or cyclic N) is 1. The summed E-state index contributed by atoms with van der Waals surface area (Å²) >= 11 is 0. The Morgan fingerprint density at radius 1 is 1.45 bits per heavy atom. The van der Waals surface area contributed by atoms with Crippen molar-refractivity contribution in [1.82, 2.24) is 4.98 Å². The minimum absolute atomic E-state index is 0.0585. The summed E-state index contributed by atoms with van der Waals surface area (Å²) in [6.07, 6.45) is 2.32. The summed E-state index contributed by atoms with van der Waals surface area (Å²) in [5, 5.41) is 21.7. The van der Waals surface area contributed by atoms with E-state index in [0.29, 0.717) is 30.4 Å². The van der Waals surface area contributed by atoms with Crippen LogP contribution in [0.3, 0.4) is 0 Å². The maximum atomic E-state index is 11.1. The van der Waals surface area contributed by atoms with Gasteiger partial charge in [-0.1, -0.05) is 6.92 Å². The maximum absolute atomic E-state index is 11.1. The fourth-order valence-electron chi connectivity index (χ4n) is 2.62. The molecule has 0 bridgehead atoms. The van der Waals surface area contributed by atoms with Crippen molar-refractivity contribution in [1.29, 1.82) is 0 Å². The summed E-state index contributed by atoms with van der Waals surface area (Å²) in [7, 11) is 0. The van der Waals surface area contributed by atoms with Gasteiger partial charge >= 0.3 is 0 Å². The zero-order valence-electron chi connectivity index (χ0n) is 11.1. The van der Waals surface area contributed by atoms with Gasteiger partial charge in [-0.15, -0.1) is 0 Å². The van der Waals surface area contributed by atoms with Gasteiger partial charge in [-0.25, -0.2) is 0 Å². The Balaban J connectivity index is 2.06. The molecule has 0 saturated carbocycles. The highest BCUT2D eigenvalue weighted by molar-refractivity contribution is 5.97. The van der Waals surface area contributed by atoms with E-state index in [1.807, 2.05) is 11.8 Å². The quantitative estimate of drug-likeness (QED) is 0.684. The molecule has 2 heterocycles. The van der Waals surface area contributed by atoms with Crippen LogP contribution in [-0.4, -0.2) is 33.7 Å². The van der Waals surface area contributed by atoms with E-state index in [1.54, 1.807) is 24.4 Å². The monoisotopic (exact) mass is 273 g/mol. The number of rotatable bonds is 3. The number of pyridine rings is 1. The summed E-state index contributed by atoms with van der Waals surface area (Å²) in [6.45, 7) is 3.02. The Bertz CT molecular complexity index is 680. The van der Waals surface area contributed by atoms with Gasteiger partial charge in [-0.05, 0) is 24.6 Å². The topological polar surface area (TPSA) is 79.5 Å². The number of hydrogen-bond acceptors (Lipinski definition) is 5. The van der Waals surface area contributed by atoms with Gasteiger partial charge in [0, 0.05) is 25.4 Å². The second-order valence-corrected chi connectivity index (χ2v) is 5.19. The molecule has 0 spiro atoms. The molecule has 0 radical (unpaired) electrons. The lowest BCUT2D eigenvalue weighted by atomic mass is 9.90. The van der Waals surface area contributed by atoms with Crippen molar-refractivity contribution in [3.63, 3.8) is 0 Å². The summed E-state index contributed by atoms with van der Waals surface area (Å²) in [6, 6.07) is 6.61. The molecule has 1 saturated heterocycles. The Kier molecular flexibility index (Phi) is 2.83. The minimum Gasteiger partial charge on any atom is -0.386 e. The molecule has 1 aromatic carbocycles. The molecule has 0 atom stereocenters. The predicted molar refractivity (Wildman–Crippen MR) is 75.9 cm³/mol. The van der Waals surface area contributed by atoms with E-state index in [0.717, 1.165) is 5.69 Å². The first-order chi connectivity index (χ1) is 9.54. The predicted octanol–water partition coefficient (Wildman–Crippen LogP) is 2.10. The number of benzene rings is 1. The van der Waals surface area contributed by atoms with Crippen LogP contribution in [0, 0.1) is 10.1 Å². The Morgan fingerprint density at radius 3 is 2.85 bits per heavy atom. The molecule has 104 valence electrons. The standard InChI is InChI=1S/C14H15N3O3/c1-2-14(18)8-16(9-14)12-6-5-11(17(19)20)10-4-3-7-15-13(10)12/h3-7,18H,2,8-9H2,1H3. The Labute approximate surface area is 115 Å². The summed E-state index contributed by atoms with van der Waals surface area (Å²) in [5.41, 5.74) is 0.857. The van der Waals surface area contributed by atoms with E-state index in [-0.39, 0.29) is 5.69 Å². The summed E-state index contributed by atoms with van der Waals surface area (Å²) in [5.74, 6) is 0. The maximum Gasteiger partial charge on any atom is 0.278 e. The molecule has 1 aliphatic heterocycles. The van der Waals surface area contributed by atoms with E-state index < -0.39 is 10.5 Å². The second kappa shape index (κ2) is 4.42. The van der Waals surface area contributed by atoms with Crippen molar-refractivity contribution in [2.75, 3.05) is 18.0 Å². The second-order valence-electron chi connectivity index (χ2n) is 5.19. The van der Waals surface area contributed by atoms with Gasteiger partial charge in [0.1, 0.15) is 5.52 Å². The average Bonchev–Trinajstić information content (AvgIpc) is 2.42. The van der Waals surface area contributed by atoms with Crippen LogP contribution in [0.5, 0.6) is 0 Å². The SMILES string of the molecule is CCC1(O)CN(c2ccc([N+](=O)[O-])c3cccnc23)C1. The van der Waals surface area contributed by atoms with E-state index >= 15 is 0 Å². The van der Waals surface area contributed by atoms with Crippen LogP contribution in [0.2, 0.25) is 0 Å². The van der Waals surface area contributed by atoms with Crippen LogP contribution in [0.15, 0.2) is 30.5 Å². The normalized spacial score (nSPS) is 17.0. The van der Waals surface area contributed by atoms with Crippen LogP contribution in [0.4, 0.5) is 11.4 Å². The smallest absolute Gasteiger partial charge is 0.278 e. The van der Waals surface area contributed by atoms with Crippen LogP contribution in [0.25, 0.3) is 10.9 Å². The van der Waals surface area contributed by atoms with Gasteiger partial charge < -0.3 is 10.0 Å². The third-order valence-electron chi connectivity index (χ3n) is 3.89. The van der Waals surface area contributed by atoms with Gasteiger partial charge in [0.2, 0.25) is 0 Å². The highest BCUT2D eigenvalue weighted by Crippen LogP contribution is 2.36. The van der Waals surface area contributed by atoms with Crippen molar-refractivity contribution >= 4 is 22.3 Å². The van der Waals surface area contributed by atoms with Crippen molar-refractivity contribution in [2.24, 2.45) is 0 Å². The molecule has 1 fully saturated rings. The summed E-state index contributed by atoms with van der Waals surface area (Å²) in [4.78, 5) is 16.9. The van der Waals surface area contributed by atoms with Crippen molar-refractivity contribution in [3.05, 3.63) is 40.6 Å². The molecule has 1 aromatic heterocycles. The van der Waals surface area contributed by atoms with E-state index in [9.17, 15) is 15.2 Å². The Morgan fingerprint density at radius 2 is 2.20 bits per heavy atom. The number of nitrogens with zero attached hydrogens (tertiary/aromatic N) is 3. The Hall–Kier alpha value is -2.21. The zero-order valence-corrected chi connectivity index (χ0v) is 11.1. The molecule has 20 heavy (non-hydrogen) atoms.